The summed E-state index contributed by atoms with van der Waals surface area (Å²) in [5, 5.41) is 6.77. The van der Waals surface area contributed by atoms with Crippen LogP contribution in [0.1, 0.15) is 24.1 Å². The number of benzene rings is 3. The van der Waals surface area contributed by atoms with E-state index in [1.807, 2.05) is 67.6 Å². The van der Waals surface area contributed by atoms with Gasteiger partial charge in [-0.05, 0) is 54.5 Å². The molecule has 0 heterocycles. The first-order valence-corrected chi connectivity index (χ1v) is 11.1. The second-order valence-electron chi connectivity index (χ2n) is 6.57. The first-order chi connectivity index (χ1) is 13.9. The Kier molecular flexibility index (Phi) is 6.98. The molecule has 3 rings (SSSR count). The third kappa shape index (κ3) is 6.12. The van der Waals surface area contributed by atoms with Gasteiger partial charge in [0.25, 0.3) is 0 Å². The van der Waals surface area contributed by atoms with E-state index in [1.165, 1.54) is 0 Å². The summed E-state index contributed by atoms with van der Waals surface area (Å²) in [6.45, 7) is 2.27. The Labute approximate surface area is 177 Å². The fraction of sp³-hybridized carbons (Fsp3) is 0.136. The zero-order chi connectivity index (χ0) is 20.7. The van der Waals surface area contributed by atoms with Crippen molar-refractivity contribution < 1.29 is 8.42 Å². The van der Waals surface area contributed by atoms with Crippen molar-refractivity contribution in [3.8, 4) is 0 Å². The van der Waals surface area contributed by atoms with Crippen molar-refractivity contribution in [2.45, 2.75) is 24.4 Å². The molecule has 0 aromatic heterocycles. The van der Waals surface area contributed by atoms with Crippen LogP contribution >= 0.6 is 12.2 Å². The normalized spacial score (nSPS) is 12.2. The first-order valence-electron chi connectivity index (χ1n) is 9.20. The molecule has 0 spiro atoms. The van der Waals surface area contributed by atoms with Gasteiger partial charge in [0, 0.05) is 12.2 Å². The van der Waals surface area contributed by atoms with Crippen molar-refractivity contribution in [1.82, 2.24) is 10.0 Å². The molecular weight excluding hydrogens is 402 g/mol. The molecule has 3 aromatic carbocycles. The van der Waals surface area contributed by atoms with Gasteiger partial charge in [-0.15, -0.1) is 0 Å². The van der Waals surface area contributed by atoms with E-state index in [0.717, 1.165) is 11.1 Å². The van der Waals surface area contributed by atoms with Crippen LogP contribution in [0.25, 0.3) is 0 Å². The molecule has 0 unspecified atom stereocenters. The highest BCUT2D eigenvalue weighted by Crippen LogP contribution is 2.16. The molecular formula is C22H23N3O2S2. The van der Waals surface area contributed by atoms with Crippen LogP contribution in [0.2, 0.25) is 0 Å². The van der Waals surface area contributed by atoms with Gasteiger partial charge in [0.1, 0.15) is 0 Å². The van der Waals surface area contributed by atoms with Gasteiger partial charge < -0.3 is 10.6 Å². The molecule has 0 amide bonds. The minimum atomic E-state index is -3.58. The Morgan fingerprint density at radius 1 is 0.897 bits per heavy atom. The predicted octanol–water partition coefficient (Wildman–Crippen LogP) is 4.21. The minimum absolute atomic E-state index is 0.0537. The van der Waals surface area contributed by atoms with Crippen LogP contribution in [0.15, 0.2) is 89.8 Å². The molecule has 5 nitrogen and oxygen atoms in total. The number of hydrogen-bond acceptors (Lipinski definition) is 3. The predicted molar refractivity (Wildman–Crippen MR) is 121 cm³/mol. The molecule has 0 aliphatic carbocycles. The van der Waals surface area contributed by atoms with Crippen LogP contribution in [0.4, 0.5) is 5.69 Å². The highest BCUT2D eigenvalue weighted by molar-refractivity contribution is 7.89. The summed E-state index contributed by atoms with van der Waals surface area (Å²) in [7, 11) is -3.58. The van der Waals surface area contributed by atoms with Gasteiger partial charge in [-0.3, -0.25) is 0 Å². The Hall–Kier alpha value is -2.74. The Bertz CT molecular complexity index is 1040. The van der Waals surface area contributed by atoms with Crippen molar-refractivity contribution in [2.24, 2.45) is 0 Å². The quantitative estimate of drug-likeness (QED) is 0.495. The molecule has 3 aromatic rings. The van der Waals surface area contributed by atoms with Gasteiger partial charge in [-0.1, -0.05) is 60.7 Å². The first kappa shape index (κ1) is 21.0. The lowest BCUT2D eigenvalue weighted by molar-refractivity contribution is 0.581. The molecule has 150 valence electrons. The summed E-state index contributed by atoms with van der Waals surface area (Å²) in [4.78, 5) is 0.204. The second kappa shape index (κ2) is 9.65. The number of thiocarbonyl (C=S) groups is 1. The molecule has 29 heavy (non-hydrogen) atoms. The summed E-state index contributed by atoms with van der Waals surface area (Å²) in [5.74, 6) is 0. The van der Waals surface area contributed by atoms with E-state index in [2.05, 4.69) is 15.4 Å². The maximum Gasteiger partial charge on any atom is 0.240 e. The molecule has 0 saturated carbocycles. The number of anilines is 1. The molecule has 1 atom stereocenters. The molecule has 3 N–H and O–H groups in total. The average molecular weight is 426 g/mol. The van der Waals surface area contributed by atoms with E-state index < -0.39 is 10.0 Å². The molecule has 0 fully saturated rings. The van der Waals surface area contributed by atoms with Crippen LogP contribution < -0.4 is 15.4 Å². The molecule has 0 aliphatic rings. The Morgan fingerprint density at radius 3 is 2.10 bits per heavy atom. The largest absolute Gasteiger partial charge is 0.356 e. The lowest BCUT2D eigenvalue weighted by atomic mass is 10.1. The topological polar surface area (TPSA) is 70.2 Å². The van der Waals surface area contributed by atoms with E-state index in [-0.39, 0.29) is 17.5 Å². The fourth-order valence-corrected chi connectivity index (χ4v) is 4.08. The molecule has 0 bridgehead atoms. The smallest absolute Gasteiger partial charge is 0.240 e. The lowest BCUT2D eigenvalue weighted by Crippen LogP contribution is -2.30. The van der Waals surface area contributed by atoms with Crippen LogP contribution in [-0.4, -0.2) is 13.5 Å². The zero-order valence-electron chi connectivity index (χ0n) is 16.0. The number of sulfonamides is 1. The fourth-order valence-electron chi connectivity index (χ4n) is 2.76. The van der Waals surface area contributed by atoms with Crippen molar-refractivity contribution in [3.63, 3.8) is 0 Å². The van der Waals surface area contributed by atoms with E-state index in [4.69, 9.17) is 12.2 Å². The Balaban J connectivity index is 1.57. The maximum absolute atomic E-state index is 12.5. The average Bonchev–Trinajstić information content (AvgIpc) is 2.74. The molecule has 7 heteroatoms. The van der Waals surface area contributed by atoms with E-state index >= 15 is 0 Å². The summed E-state index contributed by atoms with van der Waals surface area (Å²) in [5.41, 5.74) is 2.74. The van der Waals surface area contributed by atoms with E-state index in [1.54, 1.807) is 24.3 Å². The van der Waals surface area contributed by atoms with E-state index in [9.17, 15) is 8.42 Å². The van der Waals surface area contributed by atoms with E-state index in [0.29, 0.717) is 10.8 Å². The summed E-state index contributed by atoms with van der Waals surface area (Å²) >= 11 is 5.36. The maximum atomic E-state index is 12.5. The number of rotatable bonds is 7. The summed E-state index contributed by atoms with van der Waals surface area (Å²) in [6.07, 6.45) is 0. The monoisotopic (exact) mass is 425 g/mol. The highest BCUT2D eigenvalue weighted by atomic mass is 32.2. The van der Waals surface area contributed by atoms with Gasteiger partial charge in [-0.2, -0.15) is 0 Å². The molecule has 0 radical (unpaired) electrons. The van der Waals surface area contributed by atoms with Gasteiger partial charge in [0.15, 0.2) is 5.11 Å². The molecule has 0 saturated heterocycles. The van der Waals surface area contributed by atoms with Crippen LogP contribution in [0.3, 0.4) is 0 Å². The lowest BCUT2D eigenvalue weighted by Gasteiger charge is -2.17. The van der Waals surface area contributed by atoms with Crippen molar-refractivity contribution in [2.75, 3.05) is 5.32 Å². The van der Waals surface area contributed by atoms with Gasteiger partial charge in [0.2, 0.25) is 10.0 Å². The molecule has 0 aliphatic heterocycles. The zero-order valence-corrected chi connectivity index (χ0v) is 17.6. The second-order valence-corrected chi connectivity index (χ2v) is 8.74. The van der Waals surface area contributed by atoms with Crippen molar-refractivity contribution in [3.05, 3.63) is 96.1 Å². The van der Waals surface area contributed by atoms with Crippen molar-refractivity contribution >= 4 is 33.0 Å². The standard InChI is InChI=1S/C22H23N3O2S2/c1-17(19-10-6-3-7-11-19)24-22(28)25-20-12-14-21(15-13-20)29(26,27)23-16-18-8-4-2-5-9-18/h2-15,17,23H,16H2,1H3,(H2,24,25,28)/t17-/m1/s1. The van der Waals surface area contributed by atoms with Crippen LogP contribution in [0.5, 0.6) is 0 Å². The van der Waals surface area contributed by atoms with Crippen LogP contribution in [0, 0.1) is 0 Å². The number of nitrogens with one attached hydrogen (secondary N) is 3. The number of hydrogen-bond donors (Lipinski definition) is 3. The van der Waals surface area contributed by atoms with Crippen molar-refractivity contribution in [1.29, 1.82) is 0 Å². The van der Waals surface area contributed by atoms with Gasteiger partial charge in [0.05, 0.1) is 10.9 Å². The third-order valence-electron chi connectivity index (χ3n) is 4.38. The minimum Gasteiger partial charge on any atom is -0.356 e. The van der Waals surface area contributed by atoms with Gasteiger partial charge >= 0.3 is 0 Å². The highest BCUT2D eigenvalue weighted by Gasteiger charge is 2.14. The van der Waals surface area contributed by atoms with Gasteiger partial charge in [-0.25, -0.2) is 13.1 Å². The third-order valence-corrected chi connectivity index (χ3v) is 6.02. The Morgan fingerprint density at radius 2 is 1.48 bits per heavy atom. The summed E-state index contributed by atoms with van der Waals surface area (Å²) in [6, 6.07) is 25.9. The summed E-state index contributed by atoms with van der Waals surface area (Å²) < 4.78 is 27.6. The van der Waals surface area contributed by atoms with Crippen LogP contribution in [-0.2, 0) is 16.6 Å². The SMILES string of the molecule is C[C@@H](NC(=S)Nc1ccc(S(=O)(=O)NCc2ccccc2)cc1)c1ccccc1.